The zero-order chi connectivity index (χ0) is 18.6. The molecule has 1 atom stereocenters. The molecule has 0 aliphatic heterocycles. The van der Waals surface area contributed by atoms with E-state index in [1.54, 1.807) is 38.1 Å². The number of hydrogen-bond donors (Lipinski definition) is 1. The Hall–Kier alpha value is -2.31. The molecule has 8 heteroatoms. The van der Waals surface area contributed by atoms with Gasteiger partial charge in [0, 0.05) is 16.1 Å². The van der Waals surface area contributed by atoms with Crippen LogP contribution in [0.5, 0.6) is 5.75 Å². The number of nitrogens with one attached hydrogen (secondary N) is 1. The Morgan fingerprint density at radius 1 is 1.28 bits per heavy atom. The van der Waals surface area contributed by atoms with Crippen LogP contribution in [-0.4, -0.2) is 17.4 Å². The zero-order valence-corrected chi connectivity index (χ0v) is 15.1. The first-order valence-corrected chi connectivity index (χ1v) is 8.15. The van der Waals surface area contributed by atoms with Crippen LogP contribution in [0.2, 0.25) is 10.0 Å². The Labute approximate surface area is 154 Å². The molecular formula is C17H16Cl2N2O4. The lowest BCUT2D eigenvalue weighted by molar-refractivity contribution is -0.385. The molecule has 0 aliphatic carbocycles. The number of hydrogen-bond acceptors (Lipinski definition) is 4. The van der Waals surface area contributed by atoms with Gasteiger partial charge in [-0.25, -0.2) is 0 Å². The van der Waals surface area contributed by atoms with E-state index in [4.69, 9.17) is 27.9 Å². The molecule has 2 aromatic rings. The summed E-state index contributed by atoms with van der Waals surface area (Å²) in [5.41, 5.74) is 1.32. The second-order valence-corrected chi connectivity index (χ2v) is 6.32. The van der Waals surface area contributed by atoms with Gasteiger partial charge >= 0.3 is 5.69 Å². The van der Waals surface area contributed by atoms with Crippen LogP contribution >= 0.6 is 23.2 Å². The Bertz CT molecular complexity index is 811. The Morgan fingerprint density at radius 3 is 2.64 bits per heavy atom. The fraction of sp³-hybridized carbons (Fsp3) is 0.235. The highest BCUT2D eigenvalue weighted by Crippen LogP contribution is 2.28. The number of nitro benzene ring substituents is 1. The molecule has 0 saturated heterocycles. The van der Waals surface area contributed by atoms with E-state index in [-0.39, 0.29) is 24.1 Å². The number of nitro groups is 1. The number of amides is 1. The van der Waals surface area contributed by atoms with Crippen molar-refractivity contribution in [3.63, 3.8) is 0 Å². The van der Waals surface area contributed by atoms with Gasteiger partial charge in [-0.1, -0.05) is 35.3 Å². The van der Waals surface area contributed by atoms with Crippen LogP contribution in [0.15, 0.2) is 36.4 Å². The third kappa shape index (κ3) is 5.08. The van der Waals surface area contributed by atoms with Crippen molar-refractivity contribution in [3.05, 3.63) is 67.7 Å². The molecule has 0 fully saturated rings. The molecule has 1 N–H and O–H groups in total. The van der Waals surface area contributed by atoms with Crippen molar-refractivity contribution < 1.29 is 14.5 Å². The number of ether oxygens (including phenoxy) is 1. The largest absolute Gasteiger partial charge is 0.477 e. The van der Waals surface area contributed by atoms with Crippen LogP contribution in [0.4, 0.5) is 5.69 Å². The summed E-state index contributed by atoms with van der Waals surface area (Å²) in [7, 11) is 0. The van der Waals surface area contributed by atoms with Gasteiger partial charge in [-0.05, 0) is 43.2 Å². The summed E-state index contributed by atoms with van der Waals surface area (Å²) in [5.74, 6) is -0.369. The van der Waals surface area contributed by atoms with E-state index in [2.05, 4.69) is 5.32 Å². The number of benzene rings is 2. The molecule has 0 heterocycles. The third-order valence-corrected chi connectivity index (χ3v) is 4.04. The monoisotopic (exact) mass is 382 g/mol. The van der Waals surface area contributed by atoms with Gasteiger partial charge < -0.3 is 10.1 Å². The number of carbonyl (C=O) groups excluding carboxylic acids is 1. The zero-order valence-electron chi connectivity index (χ0n) is 13.6. The molecule has 132 valence electrons. The van der Waals surface area contributed by atoms with E-state index in [1.807, 2.05) is 0 Å². The van der Waals surface area contributed by atoms with Crippen molar-refractivity contribution in [2.24, 2.45) is 0 Å². The summed E-state index contributed by atoms with van der Waals surface area (Å²) in [5, 5.41) is 14.7. The summed E-state index contributed by atoms with van der Waals surface area (Å²) in [4.78, 5) is 22.5. The highest BCUT2D eigenvalue weighted by molar-refractivity contribution is 6.35. The molecule has 1 unspecified atom stereocenters. The van der Waals surface area contributed by atoms with Crippen molar-refractivity contribution >= 4 is 34.8 Å². The summed E-state index contributed by atoms with van der Waals surface area (Å²) < 4.78 is 5.32. The van der Waals surface area contributed by atoms with Crippen molar-refractivity contribution in [2.75, 3.05) is 6.61 Å². The maximum atomic E-state index is 12.1. The van der Waals surface area contributed by atoms with Gasteiger partial charge in [0.1, 0.15) is 0 Å². The summed E-state index contributed by atoms with van der Waals surface area (Å²) >= 11 is 12.0. The van der Waals surface area contributed by atoms with Crippen molar-refractivity contribution in [2.45, 2.75) is 19.9 Å². The minimum atomic E-state index is -0.553. The lowest BCUT2D eigenvalue weighted by atomic mass is 10.1. The van der Waals surface area contributed by atoms with Crippen LogP contribution < -0.4 is 10.1 Å². The van der Waals surface area contributed by atoms with E-state index in [1.165, 1.54) is 12.1 Å². The van der Waals surface area contributed by atoms with E-state index < -0.39 is 10.8 Å². The maximum Gasteiger partial charge on any atom is 0.310 e. The molecule has 0 radical (unpaired) electrons. The Kier molecular flexibility index (Phi) is 6.22. The van der Waals surface area contributed by atoms with Crippen molar-refractivity contribution in [1.82, 2.24) is 5.32 Å². The quantitative estimate of drug-likeness (QED) is 0.590. The highest BCUT2D eigenvalue weighted by Gasteiger charge is 2.18. The van der Waals surface area contributed by atoms with Crippen LogP contribution in [0.1, 0.15) is 24.1 Å². The van der Waals surface area contributed by atoms with Gasteiger partial charge in [-0.3, -0.25) is 14.9 Å². The number of rotatable bonds is 6. The van der Waals surface area contributed by atoms with Crippen LogP contribution in [0, 0.1) is 17.0 Å². The lowest BCUT2D eigenvalue weighted by Gasteiger charge is -2.16. The minimum Gasteiger partial charge on any atom is -0.477 e. The Balaban J connectivity index is 2.01. The van der Waals surface area contributed by atoms with Crippen LogP contribution in [-0.2, 0) is 4.79 Å². The van der Waals surface area contributed by atoms with E-state index in [0.717, 1.165) is 5.56 Å². The normalized spacial score (nSPS) is 11.7. The number of aryl methyl sites for hydroxylation is 1. The maximum absolute atomic E-state index is 12.1. The second kappa shape index (κ2) is 8.18. The molecule has 2 aromatic carbocycles. The van der Waals surface area contributed by atoms with Gasteiger partial charge in [0.25, 0.3) is 5.91 Å². The van der Waals surface area contributed by atoms with Gasteiger partial charge in [0.2, 0.25) is 0 Å². The second-order valence-electron chi connectivity index (χ2n) is 5.47. The average molecular weight is 383 g/mol. The topological polar surface area (TPSA) is 81.5 Å². The van der Waals surface area contributed by atoms with Crippen molar-refractivity contribution in [3.8, 4) is 5.75 Å². The first kappa shape index (κ1) is 19.0. The predicted octanol–water partition coefficient (Wildman–Crippen LogP) is 4.47. The molecule has 0 aromatic heterocycles. The lowest BCUT2D eigenvalue weighted by Crippen LogP contribution is -2.31. The number of nitrogens with zero attached hydrogens (tertiary/aromatic N) is 1. The number of halogens is 2. The first-order chi connectivity index (χ1) is 11.8. The first-order valence-electron chi connectivity index (χ1n) is 7.40. The summed E-state index contributed by atoms with van der Waals surface area (Å²) in [6, 6.07) is 9.10. The molecule has 25 heavy (non-hydrogen) atoms. The van der Waals surface area contributed by atoms with Gasteiger partial charge in [-0.2, -0.15) is 0 Å². The SMILES string of the molecule is Cc1ccc([N+](=O)[O-])c(OCC(=O)NC(C)c2ccc(Cl)cc2Cl)c1. The fourth-order valence-corrected chi connectivity index (χ4v) is 2.82. The standard InChI is InChI=1S/C17H16Cl2N2O4/c1-10-3-6-15(21(23)24)16(7-10)25-9-17(22)20-11(2)13-5-4-12(18)8-14(13)19/h3-8,11H,9H2,1-2H3,(H,20,22). The molecule has 2 rings (SSSR count). The van der Waals surface area contributed by atoms with Gasteiger partial charge in [-0.15, -0.1) is 0 Å². The third-order valence-electron chi connectivity index (χ3n) is 3.48. The smallest absolute Gasteiger partial charge is 0.310 e. The van der Waals surface area contributed by atoms with E-state index in [9.17, 15) is 14.9 Å². The molecule has 0 spiro atoms. The number of carbonyl (C=O) groups is 1. The molecule has 6 nitrogen and oxygen atoms in total. The minimum absolute atomic E-state index is 0.0531. The average Bonchev–Trinajstić information content (AvgIpc) is 2.52. The van der Waals surface area contributed by atoms with E-state index in [0.29, 0.717) is 15.6 Å². The molecule has 1 amide bonds. The van der Waals surface area contributed by atoms with Gasteiger partial charge in [0.15, 0.2) is 12.4 Å². The van der Waals surface area contributed by atoms with Crippen LogP contribution in [0.25, 0.3) is 0 Å². The van der Waals surface area contributed by atoms with E-state index >= 15 is 0 Å². The Morgan fingerprint density at radius 2 is 2.00 bits per heavy atom. The summed E-state index contributed by atoms with van der Waals surface area (Å²) in [6.07, 6.45) is 0. The molecule has 0 saturated carbocycles. The molecule has 0 bridgehead atoms. The van der Waals surface area contributed by atoms with Crippen LogP contribution in [0.3, 0.4) is 0 Å². The summed E-state index contributed by atoms with van der Waals surface area (Å²) in [6.45, 7) is 3.20. The molecular weight excluding hydrogens is 367 g/mol. The predicted molar refractivity (Wildman–Crippen MR) is 96.3 cm³/mol. The van der Waals surface area contributed by atoms with Crippen molar-refractivity contribution in [1.29, 1.82) is 0 Å². The van der Waals surface area contributed by atoms with Gasteiger partial charge in [0.05, 0.1) is 11.0 Å². The molecule has 0 aliphatic rings. The fourth-order valence-electron chi connectivity index (χ4n) is 2.24. The highest BCUT2D eigenvalue weighted by atomic mass is 35.5.